The van der Waals surface area contributed by atoms with Gasteiger partial charge in [0.2, 0.25) is 21.8 Å². The summed E-state index contributed by atoms with van der Waals surface area (Å²) < 4.78 is 27.2. The number of nitrogens with zero attached hydrogens (tertiary/aromatic N) is 2. The molecule has 2 aromatic rings. The number of halogens is 1. The molecule has 2 fully saturated rings. The average Bonchev–Trinajstić information content (AvgIpc) is 3.20. The highest BCUT2D eigenvalue weighted by molar-refractivity contribution is 7.89. The second-order valence-corrected chi connectivity index (χ2v) is 10.2. The molecule has 31 heavy (non-hydrogen) atoms. The van der Waals surface area contributed by atoms with E-state index >= 15 is 0 Å². The summed E-state index contributed by atoms with van der Waals surface area (Å²) in [7, 11) is -3.68. The van der Waals surface area contributed by atoms with Crippen LogP contribution >= 0.6 is 11.6 Å². The lowest BCUT2D eigenvalue weighted by molar-refractivity contribution is -0.121. The summed E-state index contributed by atoms with van der Waals surface area (Å²) >= 11 is 5.86. The molecule has 2 saturated heterocycles. The first-order valence-corrected chi connectivity index (χ1v) is 12.1. The van der Waals surface area contributed by atoms with Gasteiger partial charge in [0.1, 0.15) is 0 Å². The predicted octanol–water partition coefficient (Wildman–Crippen LogP) is 3.51. The molecule has 1 N–H and O–H groups in total. The van der Waals surface area contributed by atoms with Crippen LogP contribution in [0.2, 0.25) is 5.02 Å². The van der Waals surface area contributed by atoms with Crippen molar-refractivity contribution in [1.82, 2.24) is 4.31 Å². The molecule has 0 radical (unpaired) electrons. The van der Waals surface area contributed by atoms with Crippen molar-refractivity contribution >= 4 is 44.8 Å². The van der Waals surface area contributed by atoms with E-state index in [9.17, 15) is 18.0 Å². The van der Waals surface area contributed by atoms with Gasteiger partial charge in [-0.25, -0.2) is 8.42 Å². The molecule has 1 atom stereocenters. The highest BCUT2D eigenvalue weighted by Gasteiger charge is 2.33. The van der Waals surface area contributed by atoms with Crippen LogP contribution in [0.1, 0.15) is 25.7 Å². The first-order chi connectivity index (χ1) is 14.8. The molecule has 0 spiro atoms. The van der Waals surface area contributed by atoms with Gasteiger partial charge in [0.25, 0.3) is 0 Å². The minimum atomic E-state index is -3.68. The van der Waals surface area contributed by atoms with Gasteiger partial charge >= 0.3 is 0 Å². The number of sulfonamides is 1. The maximum Gasteiger partial charge on any atom is 0.243 e. The van der Waals surface area contributed by atoms with Crippen molar-refractivity contribution in [3.63, 3.8) is 0 Å². The number of nitrogens with one attached hydrogen (secondary N) is 1. The van der Waals surface area contributed by atoms with Crippen LogP contribution in [-0.4, -0.2) is 44.2 Å². The van der Waals surface area contributed by atoms with Crippen molar-refractivity contribution in [3.05, 3.63) is 53.6 Å². The number of piperidine rings is 1. The number of hydrogen-bond acceptors (Lipinski definition) is 4. The third kappa shape index (κ3) is 4.76. The Balaban J connectivity index is 1.41. The summed E-state index contributed by atoms with van der Waals surface area (Å²) in [6, 6.07) is 13.2. The molecule has 2 aliphatic rings. The summed E-state index contributed by atoms with van der Waals surface area (Å²) in [4.78, 5) is 26.6. The van der Waals surface area contributed by atoms with Gasteiger partial charge in [-0.2, -0.15) is 4.31 Å². The van der Waals surface area contributed by atoms with Gasteiger partial charge in [-0.1, -0.05) is 11.6 Å². The predicted molar refractivity (Wildman–Crippen MR) is 120 cm³/mol. The van der Waals surface area contributed by atoms with Crippen LogP contribution in [0, 0.1) is 5.92 Å². The number of rotatable bonds is 5. The Morgan fingerprint density at radius 1 is 1.00 bits per heavy atom. The fraction of sp³-hybridized carbons (Fsp3) is 0.364. The van der Waals surface area contributed by atoms with Crippen LogP contribution in [0.3, 0.4) is 0 Å². The van der Waals surface area contributed by atoms with Crippen molar-refractivity contribution in [2.45, 2.75) is 30.6 Å². The monoisotopic (exact) mass is 461 g/mol. The lowest BCUT2D eigenvalue weighted by Crippen LogP contribution is -2.43. The third-order valence-electron chi connectivity index (χ3n) is 5.73. The third-order valence-corrected chi connectivity index (χ3v) is 7.86. The molecular weight excluding hydrogens is 438 g/mol. The molecule has 2 amide bonds. The molecule has 1 unspecified atom stereocenters. The quantitative estimate of drug-likeness (QED) is 0.738. The zero-order chi connectivity index (χ0) is 22.0. The highest BCUT2D eigenvalue weighted by Crippen LogP contribution is 2.27. The van der Waals surface area contributed by atoms with E-state index in [-0.39, 0.29) is 23.3 Å². The van der Waals surface area contributed by atoms with Crippen LogP contribution < -0.4 is 10.2 Å². The van der Waals surface area contributed by atoms with Gasteiger partial charge in [-0.15, -0.1) is 0 Å². The minimum Gasteiger partial charge on any atom is -0.326 e. The van der Waals surface area contributed by atoms with Crippen molar-refractivity contribution < 1.29 is 18.0 Å². The largest absolute Gasteiger partial charge is 0.326 e. The van der Waals surface area contributed by atoms with E-state index in [1.807, 2.05) is 12.1 Å². The van der Waals surface area contributed by atoms with E-state index < -0.39 is 15.9 Å². The van der Waals surface area contributed by atoms with E-state index in [1.54, 1.807) is 29.2 Å². The molecule has 0 saturated carbocycles. The number of carbonyl (C=O) groups is 2. The SMILES string of the molecule is O=C(Nc1ccc(N2CCCC2=O)cc1)C1CCCN(S(=O)(=O)c2ccc(Cl)cc2)C1. The highest BCUT2D eigenvalue weighted by atomic mass is 35.5. The first kappa shape index (κ1) is 21.8. The summed E-state index contributed by atoms with van der Waals surface area (Å²) in [5.74, 6) is -0.530. The second-order valence-electron chi connectivity index (χ2n) is 7.84. The van der Waals surface area contributed by atoms with Gasteiger partial charge in [0.05, 0.1) is 10.8 Å². The normalized spacial score (nSPS) is 20.1. The maximum absolute atomic E-state index is 12.9. The lowest BCUT2D eigenvalue weighted by Gasteiger charge is -2.31. The summed E-state index contributed by atoms with van der Waals surface area (Å²) in [5.41, 5.74) is 1.44. The van der Waals surface area contributed by atoms with E-state index in [2.05, 4.69) is 5.32 Å². The van der Waals surface area contributed by atoms with E-state index in [0.717, 1.165) is 12.1 Å². The molecule has 164 valence electrons. The Morgan fingerprint density at radius 2 is 1.71 bits per heavy atom. The zero-order valence-electron chi connectivity index (χ0n) is 17.0. The van der Waals surface area contributed by atoms with Crippen LogP contribution in [0.25, 0.3) is 0 Å². The van der Waals surface area contributed by atoms with Crippen LogP contribution in [0.15, 0.2) is 53.4 Å². The molecule has 4 rings (SSSR count). The Labute approximate surface area is 187 Å². The van der Waals surface area contributed by atoms with Crippen molar-refractivity contribution in [2.24, 2.45) is 5.92 Å². The molecule has 7 nitrogen and oxygen atoms in total. The smallest absolute Gasteiger partial charge is 0.243 e. The van der Waals surface area contributed by atoms with Crippen molar-refractivity contribution in [1.29, 1.82) is 0 Å². The van der Waals surface area contributed by atoms with Crippen molar-refractivity contribution in [3.8, 4) is 0 Å². The number of hydrogen-bond donors (Lipinski definition) is 1. The average molecular weight is 462 g/mol. The van der Waals surface area contributed by atoms with Crippen LogP contribution in [-0.2, 0) is 19.6 Å². The summed E-state index contributed by atoms with van der Waals surface area (Å²) in [6.45, 7) is 1.23. The molecule has 2 heterocycles. The van der Waals surface area contributed by atoms with E-state index in [1.165, 1.54) is 16.4 Å². The number of carbonyl (C=O) groups excluding carboxylic acids is 2. The van der Waals surface area contributed by atoms with Crippen LogP contribution in [0.5, 0.6) is 0 Å². The Kier molecular flexibility index (Phi) is 6.31. The number of anilines is 2. The van der Waals surface area contributed by atoms with Crippen molar-refractivity contribution in [2.75, 3.05) is 29.9 Å². The van der Waals surface area contributed by atoms with Gasteiger partial charge in [-0.3, -0.25) is 9.59 Å². The van der Waals surface area contributed by atoms with E-state index in [0.29, 0.717) is 43.1 Å². The topological polar surface area (TPSA) is 86.8 Å². The maximum atomic E-state index is 12.9. The summed E-state index contributed by atoms with van der Waals surface area (Å²) in [6.07, 6.45) is 2.66. The van der Waals surface area contributed by atoms with Gasteiger partial charge in [-0.05, 0) is 67.8 Å². The standard InChI is InChI=1S/C22H24ClN3O4S/c23-17-5-11-20(12-6-17)31(29,30)25-13-1-3-16(15-25)22(28)24-18-7-9-19(10-8-18)26-14-2-4-21(26)27/h5-12,16H,1-4,13-15H2,(H,24,28). The molecule has 0 aliphatic carbocycles. The minimum absolute atomic E-state index is 0.112. The Bertz CT molecular complexity index is 1070. The zero-order valence-corrected chi connectivity index (χ0v) is 18.5. The fourth-order valence-corrected chi connectivity index (χ4v) is 5.67. The van der Waals surface area contributed by atoms with Gasteiger partial charge in [0, 0.05) is 42.5 Å². The molecule has 9 heteroatoms. The Hall–Kier alpha value is -2.42. The number of amides is 2. The molecule has 0 bridgehead atoms. The summed E-state index contributed by atoms with van der Waals surface area (Å²) in [5, 5.41) is 3.35. The van der Waals surface area contributed by atoms with Gasteiger partial charge < -0.3 is 10.2 Å². The first-order valence-electron chi connectivity index (χ1n) is 10.3. The Morgan fingerprint density at radius 3 is 2.35 bits per heavy atom. The molecule has 2 aromatic carbocycles. The number of benzene rings is 2. The lowest BCUT2D eigenvalue weighted by atomic mass is 9.98. The molecular formula is C22H24ClN3O4S. The molecule has 2 aliphatic heterocycles. The van der Waals surface area contributed by atoms with Crippen LogP contribution in [0.4, 0.5) is 11.4 Å². The molecule has 0 aromatic heterocycles. The second kappa shape index (κ2) is 8.98. The van der Waals surface area contributed by atoms with E-state index in [4.69, 9.17) is 11.6 Å². The van der Waals surface area contributed by atoms with Gasteiger partial charge in [0.15, 0.2) is 0 Å². The fourth-order valence-electron chi connectivity index (χ4n) is 4.02.